The van der Waals surface area contributed by atoms with Crippen molar-refractivity contribution in [2.24, 2.45) is 5.73 Å². The lowest BCUT2D eigenvalue weighted by molar-refractivity contribution is -0.384. The molecule has 0 aliphatic carbocycles. The number of nitrogens with two attached hydrogens (primary N) is 1. The summed E-state index contributed by atoms with van der Waals surface area (Å²) < 4.78 is 10.3. The molecule has 2 aromatic carbocycles. The van der Waals surface area contributed by atoms with Crippen LogP contribution in [-0.2, 0) is 4.79 Å². The molecule has 0 saturated carbocycles. The Balaban J connectivity index is 1.80. The van der Waals surface area contributed by atoms with Gasteiger partial charge in [0.1, 0.15) is 5.75 Å². The molecule has 1 amide bonds. The van der Waals surface area contributed by atoms with Gasteiger partial charge in [-0.1, -0.05) is 11.2 Å². The molecule has 0 bridgehead atoms. The Morgan fingerprint density at radius 3 is 2.64 bits per heavy atom. The Bertz CT molecular complexity index is 920. The summed E-state index contributed by atoms with van der Waals surface area (Å²) in [4.78, 5) is 25.3. The lowest BCUT2D eigenvalue weighted by Gasteiger charge is -2.03. The molecule has 9 heteroatoms. The van der Waals surface area contributed by atoms with E-state index in [4.69, 9.17) is 15.0 Å². The van der Waals surface area contributed by atoms with Gasteiger partial charge in [0.25, 0.3) is 17.5 Å². The quantitative estimate of drug-likeness (QED) is 0.536. The summed E-state index contributed by atoms with van der Waals surface area (Å²) in [6, 6.07) is 12.6. The van der Waals surface area contributed by atoms with E-state index in [2.05, 4.69) is 10.1 Å². The molecule has 9 nitrogen and oxygen atoms in total. The molecular weight excluding hydrogens is 328 g/mol. The summed E-state index contributed by atoms with van der Waals surface area (Å²) >= 11 is 0. The van der Waals surface area contributed by atoms with Gasteiger partial charge in [-0.15, -0.1) is 0 Å². The molecule has 1 aromatic heterocycles. The minimum atomic E-state index is -0.566. The zero-order valence-corrected chi connectivity index (χ0v) is 12.8. The molecule has 0 atom stereocenters. The average Bonchev–Trinajstić information content (AvgIpc) is 3.10. The monoisotopic (exact) mass is 340 g/mol. The van der Waals surface area contributed by atoms with Crippen molar-refractivity contribution in [1.29, 1.82) is 0 Å². The number of carbonyl (C=O) groups excluding carboxylic acids is 1. The first kappa shape index (κ1) is 16.1. The van der Waals surface area contributed by atoms with Crippen molar-refractivity contribution in [1.82, 2.24) is 10.1 Å². The van der Waals surface area contributed by atoms with Crippen LogP contribution >= 0.6 is 0 Å². The SMILES string of the molecule is NC(=O)COc1ccc(-c2noc(-c3cccc([N+](=O)[O-])c3)n2)cc1. The maximum Gasteiger partial charge on any atom is 0.270 e. The van der Waals surface area contributed by atoms with Crippen molar-refractivity contribution in [2.75, 3.05) is 6.61 Å². The minimum absolute atomic E-state index is 0.0618. The fourth-order valence-corrected chi connectivity index (χ4v) is 2.07. The number of hydrogen-bond donors (Lipinski definition) is 1. The van der Waals surface area contributed by atoms with E-state index in [1.807, 2.05) is 0 Å². The molecule has 0 unspecified atom stereocenters. The molecule has 126 valence electrons. The highest BCUT2D eigenvalue weighted by molar-refractivity contribution is 5.75. The number of nitro benzene ring substituents is 1. The highest BCUT2D eigenvalue weighted by Gasteiger charge is 2.14. The van der Waals surface area contributed by atoms with E-state index in [0.717, 1.165) is 0 Å². The number of aromatic nitrogens is 2. The first-order valence-electron chi connectivity index (χ1n) is 7.13. The number of nitrogens with zero attached hydrogens (tertiary/aromatic N) is 3. The topological polar surface area (TPSA) is 134 Å². The Morgan fingerprint density at radius 2 is 1.96 bits per heavy atom. The Kier molecular flexibility index (Phi) is 4.38. The van der Waals surface area contributed by atoms with Crippen molar-refractivity contribution in [3.63, 3.8) is 0 Å². The van der Waals surface area contributed by atoms with Crippen LogP contribution in [0, 0.1) is 10.1 Å². The number of hydrogen-bond acceptors (Lipinski definition) is 7. The molecule has 2 N–H and O–H groups in total. The zero-order chi connectivity index (χ0) is 17.8. The second kappa shape index (κ2) is 6.79. The minimum Gasteiger partial charge on any atom is -0.484 e. The predicted octanol–water partition coefficient (Wildman–Crippen LogP) is 2.18. The second-order valence-corrected chi connectivity index (χ2v) is 5.01. The summed E-state index contributed by atoms with van der Waals surface area (Å²) in [5.74, 6) is 0.407. The van der Waals surface area contributed by atoms with E-state index >= 15 is 0 Å². The number of benzene rings is 2. The van der Waals surface area contributed by atoms with Crippen LogP contribution in [0.25, 0.3) is 22.8 Å². The molecule has 0 spiro atoms. The van der Waals surface area contributed by atoms with Gasteiger partial charge in [0, 0.05) is 23.3 Å². The average molecular weight is 340 g/mol. The van der Waals surface area contributed by atoms with Gasteiger partial charge >= 0.3 is 0 Å². The number of nitro groups is 1. The summed E-state index contributed by atoms with van der Waals surface area (Å²) in [5.41, 5.74) is 6.06. The Hall–Kier alpha value is -3.75. The lowest BCUT2D eigenvalue weighted by Crippen LogP contribution is -2.19. The van der Waals surface area contributed by atoms with Crippen LogP contribution in [0.1, 0.15) is 0 Å². The molecule has 1 heterocycles. The van der Waals surface area contributed by atoms with E-state index in [-0.39, 0.29) is 18.2 Å². The van der Waals surface area contributed by atoms with Gasteiger partial charge in [-0.2, -0.15) is 4.98 Å². The molecule has 3 aromatic rings. The molecule has 0 aliphatic heterocycles. The van der Waals surface area contributed by atoms with Gasteiger partial charge < -0.3 is 15.0 Å². The van der Waals surface area contributed by atoms with Gasteiger partial charge in [0.05, 0.1) is 4.92 Å². The third kappa shape index (κ3) is 3.78. The van der Waals surface area contributed by atoms with Gasteiger partial charge in [0.15, 0.2) is 6.61 Å². The normalized spacial score (nSPS) is 10.4. The summed E-state index contributed by atoms with van der Waals surface area (Å²) in [6.07, 6.45) is 0. The van der Waals surface area contributed by atoms with Gasteiger partial charge in [0.2, 0.25) is 5.82 Å². The maximum atomic E-state index is 10.8. The molecule has 0 saturated heterocycles. The molecule has 25 heavy (non-hydrogen) atoms. The summed E-state index contributed by atoms with van der Waals surface area (Å²) in [7, 11) is 0. The van der Waals surface area contributed by atoms with Crippen LogP contribution in [0.2, 0.25) is 0 Å². The first-order chi connectivity index (χ1) is 12.0. The van der Waals surface area contributed by atoms with Crippen molar-refractivity contribution >= 4 is 11.6 Å². The van der Waals surface area contributed by atoms with E-state index in [1.165, 1.54) is 12.1 Å². The zero-order valence-electron chi connectivity index (χ0n) is 12.8. The van der Waals surface area contributed by atoms with Crippen LogP contribution in [-0.4, -0.2) is 27.6 Å². The molecule has 3 rings (SSSR count). The van der Waals surface area contributed by atoms with Crippen molar-refractivity contribution in [3.8, 4) is 28.6 Å². The highest BCUT2D eigenvalue weighted by Crippen LogP contribution is 2.26. The van der Waals surface area contributed by atoms with E-state index in [0.29, 0.717) is 22.7 Å². The Labute approximate surface area is 141 Å². The lowest BCUT2D eigenvalue weighted by atomic mass is 10.2. The predicted molar refractivity (Wildman–Crippen MR) is 86.5 cm³/mol. The van der Waals surface area contributed by atoms with Gasteiger partial charge in [-0.05, 0) is 30.3 Å². The summed E-state index contributed by atoms with van der Waals surface area (Å²) in [5, 5.41) is 14.7. The fraction of sp³-hybridized carbons (Fsp3) is 0.0625. The summed E-state index contributed by atoms with van der Waals surface area (Å²) in [6.45, 7) is -0.210. The third-order valence-electron chi connectivity index (χ3n) is 3.22. The highest BCUT2D eigenvalue weighted by atomic mass is 16.6. The van der Waals surface area contributed by atoms with Crippen LogP contribution in [0.4, 0.5) is 5.69 Å². The third-order valence-corrected chi connectivity index (χ3v) is 3.22. The van der Waals surface area contributed by atoms with Crippen LogP contribution in [0.15, 0.2) is 53.1 Å². The number of ether oxygens (including phenoxy) is 1. The van der Waals surface area contributed by atoms with Crippen molar-refractivity contribution in [2.45, 2.75) is 0 Å². The number of amides is 1. The number of carbonyl (C=O) groups is 1. The van der Waals surface area contributed by atoms with Crippen molar-refractivity contribution in [3.05, 3.63) is 58.6 Å². The molecule has 0 radical (unpaired) electrons. The molecule has 0 aliphatic rings. The van der Waals surface area contributed by atoms with Crippen LogP contribution in [0.5, 0.6) is 5.75 Å². The standard InChI is InChI=1S/C16H12N4O5/c17-14(21)9-24-13-6-4-10(5-7-13)15-18-16(25-19-15)11-2-1-3-12(8-11)20(22)23/h1-8H,9H2,(H2,17,21). The van der Waals surface area contributed by atoms with E-state index in [9.17, 15) is 14.9 Å². The molecular formula is C16H12N4O5. The number of rotatable bonds is 6. The van der Waals surface area contributed by atoms with Crippen LogP contribution < -0.4 is 10.5 Å². The molecule has 0 fully saturated rings. The van der Waals surface area contributed by atoms with Gasteiger partial charge in [-0.3, -0.25) is 14.9 Å². The van der Waals surface area contributed by atoms with E-state index < -0.39 is 10.8 Å². The Morgan fingerprint density at radius 1 is 1.20 bits per heavy atom. The second-order valence-electron chi connectivity index (χ2n) is 5.01. The first-order valence-corrected chi connectivity index (χ1v) is 7.13. The van der Waals surface area contributed by atoms with E-state index in [1.54, 1.807) is 36.4 Å². The fourth-order valence-electron chi connectivity index (χ4n) is 2.07. The largest absolute Gasteiger partial charge is 0.484 e. The van der Waals surface area contributed by atoms with Gasteiger partial charge in [-0.25, -0.2) is 0 Å². The smallest absolute Gasteiger partial charge is 0.270 e. The van der Waals surface area contributed by atoms with Crippen LogP contribution in [0.3, 0.4) is 0 Å². The number of primary amides is 1. The maximum absolute atomic E-state index is 10.8. The number of non-ortho nitro benzene ring substituents is 1. The van der Waals surface area contributed by atoms with Crippen molar-refractivity contribution < 1.29 is 19.0 Å².